The minimum Gasteiger partial charge on any atom is -0.503 e. The lowest BCUT2D eigenvalue weighted by atomic mass is 9.93. The summed E-state index contributed by atoms with van der Waals surface area (Å²) in [7, 11) is 1.45. The largest absolute Gasteiger partial charge is 0.503 e. The molecule has 1 aliphatic rings. The van der Waals surface area contributed by atoms with Crippen molar-refractivity contribution in [2.24, 2.45) is 0 Å². The van der Waals surface area contributed by atoms with Gasteiger partial charge in [-0.1, -0.05) is 47.5 Å². The number of esters is 1. The normalized spacial score (nSPS) is 15.2. The summed E-state index contributed by atoms with van der Waals surface area (Å²) < 4.78 is 16.3. The summed E-state index contributed by atoms with van der Waals surface area (Å²) in [4.78, 5) is 41.1. The van der Waals surface area contributed by atoms with E-state index in [2.05, 4.69) is 0 Å². The molecule has 0 fully saturated rings. The van der Waals surface area contributed by atoms with Crippen LogP contribution in [0.3, 0.4) is 0 Å². The molecule has 1 N–H and O–H groups in total. The fourth-order valence-electron chi connectivity index (χ4n) is 4.74. The summed E-state index contributed by atoms with van der Waals surface area (Å²) >= 11 is 6.18. The predicted molar refractivity (Wildman–Crippen MR) is 146 cm³/mol. The molecule has 5 rings (SSSR count). The number of aryl methyl sites for hydroxylation is 1. The molecular weight excluding hydrogens is 522 g/mol. The first kappa shape index (κ1) is 26.1. The molecule has 8 nitrogen and oxygen atoms in total. The van der Waals surface area contributed by atoms with Gasteiger partial charge in [0.15, 0.2) is 22.9 Å². The summed E-state index contributed by atoms with van der Waals surface area (Å²) in [5, 5.41) is 12.0. The molecule has 1 aromatic heterocycles. The van der Waals surface area contributed by atoms with E-state index in [1.807, 2.05) is 19.1 Å². The zero-order valence-electron chi connectivity index (χ0n) is 21.4. The van der Waals surface area contributed by atoms with Gasteiger partial charge in [-0.3, -0.25) is 14.5 Å². The number of carbonyl (C=O) groups excluding carboxylic acids is 3. The Kier molecular flexibility index (Phi) is 6.89. The van der Waals surface area contributed by atoms with Gasteiger partial charge in [0.25, 0.3) is 5.91 Å². The van der Waals surface area contributed by atoms with E-state index in [-0.39, 0.29) is 23.5 Å². The molecule has 0 radical (unpaired) electrons. The van der Waals surface area contributed by atoms with Gasteiger partial charge >= 0.3 is 5.97 Å². The Balaban J connectivity index is 1.65. The number of furan rings is 1. The molecule has 0 spiro atoms. The Morgan fingerprint density at radius 1 is 1.08 bits per heavy atom. The molecule has 1 amide bonds. The number of benzene rings is 3. The van der Waals surface area contributed by atoms with Crippen molar-refractivity contribution in [1.82, 2.24) is 0 Å². The predicted octanol–water partition coefficient (Wildman–Crippen LogP) is 6.36. The van der Waals surface area contributed by atoms with Crippen LogP contribution >= 0.6 is 11.6 Å². The Labute approximate surface area is 229 Å². The number of nitrogens with zero attached hydrogens (tertiary/aromatic N) is 1. The highest BCUT2D eigenvalue weighted by atomic mass is 35.5. The number of aliphatic hydroxyl groups excluding tert-OH is 1. The number of Topliss-reactive ketones (excluding diaryl/α,β-unsaturated/α-hetero) is 1. The number of ketones is 1. The van der Waals surface area contributed by atoms with Crippen LogP contribution in [-0.2, 0) is 9.53 Å². The SMILES string of the molecule is CCOC(=O)c1cccc(N2C(=O)C(O)=C(C(=O)c3cc4cc(Cl)cc(OC)c4o3)C2c2cccc(C)c2)c1. The number of carbonyl (C=O) groups is 3. The zero-order valence-corrected chi connectivity index (χ0v) is 22.1. The van der Waals surface area contributed by atoms with Crippen LogP contribution in [0.25, 0.3) is 11.0 Å². The lowest BCUT2D eigenvalue weighted by molar-refractivity contribution is -0.117. The van der Waals surface area contributed by atoms with Gasteiger partial charge in [-0.2, -0.15) is 0 Å². The molecule has 9 heteroatoms. The lowest BCUT2D eigenvalue weighted by Crippen LogP contribution is -2.31. The van der Waals surface area contributed by atoms with Crippen molar-refractivity contribution < 1.29 is 33.4 Å². The smallest absolute Gasteiger partial charge is 0.338 e. The van der Waals surface area contributed by atoms with Crippen LogP contribution < -0.4 is 9.64 Å². The van der Waals surface area contributed by atoms with Gasteiger partial charge in [0.05, 0.1) is 30.9 Å². The highest BCUT2D eigenvalue weighted by Crippen LogP contribution is 2.43. The summed E-state index contributed by atoms with van der Waals surface area (Å²) in [6, 6.07) is 17.2. The van der Waals surface area contributed by atoms with Crippen molar-refractivity contribution in [3.05, 3.63) is 106 Å². The van der Waals surface area contributed by atoms with E-state index in [0.29, 0.717) is 33.0 Å². The highest BCUT2D eigenvalue weighted by Gasteiger charge is 2.45. The number of anilines is 1. The molecule has 39 heavy (non-hydrogen) atoms. The van der Waals surface area contributed by atoms with Gasteiger partial charge in [-0.25, -0.2) is 4.79 Å². The lowest BCUT2D eigenvalue weighted by Gasteiger charge is -2.27. The van der Waals surface area contributed by atoms with Crippen LogP contribution in [0.2, 0.25) is 5.02 Å². The maximum Gasteiger partial charge on any atom is 0.338 e. The summed E-state index contributed by atoms with van der Waals surface area (Å²) in [6.45, 7) is 3.76. The summed E-state index contributed by atoms with van der Waals surface area (Å²) in [5.41, 5.74) is 2.17. The molecular formula is C30H24ClNO7. The molecule has 198 valence electrons. The third-order valence-corrected chi connectivity index (χ3v) is 6.65. The van der Waals surface area contributed by atoms with Crippen molar-refractivity contribution in [2.45, 2.75) is 19.9 Å². The van der Waals surface area contributed by atoms with Gasteiger partial charge in [-0.15, -0.1) is 0 Å². The number of amides is 1. The fraction of sp³-hybridized carbons (Fsp3) is 0.167. The van der Waals surface area contributed by atoms with Crippen molar-refractivity contribution in [1.29, 1.82) is 0 Å². The number of fused-ring (bicyclic) bond motifs is 1. The van der Waals surface area contributed by atoms with Crippen LogP contribution in [0.5, 0.6) is 5.75 Å². The van der Waals surface area contributed by atoms with Crippen molar-refractivity contribution in [3.63, 3.8) is 0 Å². The van der Waals surface area contributed by atoms with E-state index < -0.39 is 29.5 Å². The average Bonchev–Trinajstić information content (AvgIpc) is 3.46. The Morgan fingerprint density at radius 3 is 2.56 bits per heavy atom. The van der Waals surface area contributed by atoms with Crippen LogP contribution in [-0.4, -0.2) is 36.5 Å². The first-order chi connectivity index (χ1) is 18.7. The quantitative estimate of drug-likeness (QED) is 0.212. The molecule has 3 aromatic carbocycles. The van der Waals surface area contributed by atoms with Gasteiger partial charge in [0.1, 0.15) is 0 Å². The molecule has 1 aliphatic heterocycles. The van der Waals surface area contributed by atoms with E-state index in [9.17, 15) is 19.5 Å². The van der Waals surface area contributed by atoms with Crippen LogP contribution in [0.1, 0.15) is 45.0 Å². The first-order valence-electron chi connectivity index (χ1n) is 12.2. The molecule has 1 unspecified atom stereocenters. The summed E-state index contributed by atoms with van der Waals surface area (Å²) in [6.07, 6.45) is 0. The Hall–Kier alpha value is -4.56. The minimum atomic E-state index is -0.999. The third-order valence-electron chi connectivity index (χ3n) is 6.44. The van der Waals surface area contributed by atoms with Crippen LogP contribution in [0.15, 0.2) is 82.5 Å². The number of ether oxygens (including phenoxy) is 2. The molecule has 2 heterocycles. The van der Waals surface area contributed by atoms with Crippen LogP contribution in [0, 0.1) is 6.92 Å². The van der Waals surface area contributed by atoms with Crippen LogP contribution in [0.4, 0.5) is 5.69 Å². The van der Waals surface area contributed by atoms with E-state index in [1.165, 1.54) is 24.1 Å². The van der Waals surface area contributed by atoms with E-state index >= 15 is 0 Å². The van der Waals surface area contributed by atoms with Crippen molar-refractivity contribution in [2.75, 3.05) is 18.6 Å². The number of aliphatic hydroxyl groups is 1. The van der Waals surface area contributed by atoms with E-state index in [0.717, 1.165) is 5.56 Å². The fourth-order valence-corrected chi connectivity index (χ4v) is 4.96. The molecule has 1 atom stereocenters. The van der Waals surface area contributed by atoms with Gasteiger partial charge in [0.2, 0.25) is 5.78 Å². The number of methoxy groups -OCH3 is 1. The number of hydrogen-bond donors (Lipinski definition) is 1. The Bertz CT molecular complexity index is 1670. The molecule has 4 aromatic rings. The maximum atomic E-state index is 13.9. The summed E-state index contributed by atoms with van der Waals surface area (Å²) in [5.74, 6) is -2.49. The second-order valence-electron chi connectivity index (χ2n) is 8.99. The van der Waals surface area contributed by atoms with Gasteiger partial charge in [-0.05, 0) is 49.7 Å². The second-order valence-corrected chi connectivity index (χ2v) is 9.43. The molecule has 0 bridgehead atoms. The van der Waals surface area contributed by atoms with E-state index in [1.54, 1.807) is 49.4 Å². The third kappa shape index (κ3) is 4.64. The minimum absolute atomic E-state index is 0.0975. The number of hydrogen-bond acceptors (Lipinski definition) is 7. The Morgan fingerprint density at radius 2 is 1.85 bits per heavy atom. The van der Waals surface area contributed by atoms with Gasteiger partial charge < -0.3 is 19.0 Å². The first-order valence-corrected chi connectivity index (χ1v) is 12.5. The average molecular weight is 546 g/mol. The van der Waals surface area contributed by atoms with E-state index in [4.69, 9.17) is 25.5 Å². The highest BCUT2D eigenvalue weighted by molar-refractivity contribution is 6.31. The van der Waals surface area contributed by atoms with Crippen molar-refractivity contribution >= 4 is 45.9 Å². The maximum absolute atomic E-state index is 13.9. The number of rotatable bonds is 7. The van der Waals surface area contributed by atoms with Gasteiger partial charge in [0, 0.05) is 22.2 Å². The van der Waals surface area contributed by atoms with Crippen molar-refractivity contribution in [3.8, 4) is 5.75 Å². The molecule has 0 saturated carbocycles. The molecule has 0 saturated heterocycles. The standard InChI is InChI=1S/C30H24ClNO7/c1-4-38-30(36)18-9-6-10-21(13-18)32-25(17-8-5-7-16(2)11-17)24(27(34)29(32)35)26(33)22-14-19-12-20(31)15-23(37-3)28(19)39-22/h5-15,25,34H,4H2,1-3H3. The monoisotopic (exact) mass is 545 g/mol. The topological polar surface area (TPSA) is 106 Å². The number of halogens is 1. The second kappa shape index (κ2) is 10.3. The molecule has 0 aliphatic carbocycles. The zero-order chi connectivity index (χ0) is 27.8.